The summed E-state index contributed by atoms with van der Waals surface area (Å²) in [5.41, 5.74) is 0. The van der Waals surface area contributed by atoms with E-state index in [1.807, 2.05) is 0 Å². The lowest BCUT2D eigenvalue weighted by Gasteiger charge is -2.16. The van der Waals surface area contributed by atoms with Gasteiger partial charge >= 0.3 is 11.9 Å². The van der Waals surface area contributed by atoms with Crippen LogP contribution in [0.1, 0.15) is 39.5 Å². The molecule has 0 aliphatic rings. The van der Waals surface area contributed by atoms with Gasteiger partial charge in [-0.2, -0.15) is 0 Å². The molecule has 0 aliphatic carbocycles. The van der Waals surface area contributed by atoms with Crippen LogP contribution in [0.5, 0.6) is 0 Å². The zero-order chi connectivity index (χ0) is 14.0. The molecule has 0 amide bonds. The molecule has 0 radical (unpaired) electrons. The minimum Gasteiger partial charge on any atom is -0.422 e. The van der Waals surface area contributed by atoms with Gasteiger partial charge in [0.25, 0.3) is 0 Å². The van der Waals surface area contributed by atoms with E-state index in [-0.39, 0.29) is 0 Å². The largest absolute Gasteiger partial charge is 0.422 e. The third-order valence-electron chi connectivity index (χ3n) is 2.30. The van der Waals surface area contributed by atoms with Crippen molar-refractivity contribution in [2.45, 2.75) is 45.8 Å². The topological polar surface area (TPSA) is 52.6 Å². The van der Waals surface area contributed by atoms with Crippen LogP contribution in [0, 0.1) is 5.92 Å². The predicted octanol–water partition coefficient (Wildman–Crippen LogP) is 2.99. The predicted molar refractivity (Wildman–Crippen MR) is 69.7 cm³/mol. The standard InChI is InChI=1S/C14H22O4/c1-5-12(15)17-14(18-13(16)6-2)10-8-7-9-11(3)4/h5-6,11,14H,1-2,7-10H2,3-4H3. The zero-order valence-electron chi connectivity index (χ0n) is 11.2. The average molecular weight is 254 g/mol. The Bertz CT molecular complexity index is 272. The van der Waals surface area contributed by atoms with E-state index in [2.05, 4.69) is 27.0 Å². The van der Waals surface area contributed by atoms with Crippen LogP contribution in [0.3, 0.4) is 0 Å². The Labute approximate surface area is 109 Å². The smallest absolute Gasteiger partial charge is 0.333 e. The molecule has 4 heteroatoms. The van der Waals surface area contributed by atoms with E-state index in [1.165, 1.54) is 0 Å². The molecule has 0 unspecified atom stereocenters. The number of hydrogen-bond donors (Lipinski definition) is 0. The Hall–Kier alpha value is -1.58. The highest BCUT2D eigenvalue weighted by molar-refractivity contribution is 5.82. The van der Waals surface area contributed by atoms with Crippen LogP contribution in [0.4, 0.5) is 0 Å². The molecule has 0 bridgehead atoms. The third-order valence-corrected chi connectivity index (χ3v) is 2.30. The van der Waals surface area contributed by atoms with Gasteiger partial charge in [-0.3, -0.25) is 0 Å². The Morgan fingerprint density at radius 3 is 1.83 bits per heavy atom. The Morgan fingerprint density at radius 2 is 1.44 bits per heavy atom. The number of rotatable bonds is 9. The quantitative estimate of drug-likeness (QED) is 0.275. The monoisotopic (exact) mass is 254 g/mol. The van der Waals surface area contributed by atoms with Crippen molar-refractivity contribution in [3.8, 4) is 0 Å². The molecule has 0 saturated heterocycles. The minimum absolute atomic E-state index is 0.492. The fourth-order valence-electron chi connectivity index (χ4n) is 1.36. The lowest BCUT2D eigenvalue weighted by Crippen LogP contribution is -2.23. The van der Waals surface area contributed by atoms with E-state index in [4.69, 9.17) is 9.47 Å². The van der Waals surface area contributed by atoms with E-state index in [9.17, 15) is 9.59 Å². The molecule has 0 aromatic rings. The maximum atomic E-state index is 11.1. The van der Waals surface area contributed by atoms with Crippen LogP contribution >= 0.6 is 0 Å². The normalized spacial score (nSPS) is 10.2. The van der Waals surface area contributed by atoms with Crippen molar-refractivity contribution in [3.63, 3.8) is 0 Å². The maximum absolute atomic E-state index is 11.1. The van der Waals surface area contributed by atoms with Crippen molar-refractivity contribution < 1.29 is 19.1 Å². The Morgan fingerprint density at radius 1 is 1.00 bits per heavy atom. The molecule has 0 fully saturated rings. The van der Waals surface area contributed by atoms with Crippen LogP contribution < -0.4 is 0 Å². The molecule has 0 atom stereocenters. The fraction of sp³-hybridized carbons (Fsp3) is 0.571. The zero-order valence-corrected chi connectivity index (χ0v) is 11.2. The Kier molecular flexibility index (Phi) is 8.62. The van der Waals surface area contributed by atoms with Crippen LogP contribution in [0.2, 0.25) is 0 Å². The molecule has 18 heavy (non-hydrogen) atoms. The first kappa shape index (κ1) is 16.4. The summed E-state index contributed by atoms with van der Waals surface area (Å²) in [7, 11) is 0. The summed E-state index contributed by atoms with van der Waals surface area (Å²) in [5, 5.41) is 0. The summed E-state index contributed by atoms with van der Waals surface area (Å²) in [6.07, 6.45) is 4.66. The van der Waals surface area contributed by atoms with Gasteiger partial charge in [-0.1, -0.05) is 39.8 Å². The maximum Gasteiger partial charge on any atom is 0.333 e. The average Bonchev–Trinajstić information content (AvgIpc) is 2.33. The van der Waals surface area contributed by atoms with Crippen molar-refractivity contribution >= 4 is 11.9 Å². The van der Waals surface area contributed by atoms with Crippen molar-refractivity contribution in [3.05, 3.63) is 25.3 Å². The van der Waals surface area contributed by atoms with Gasteiger partial charge in [-0.05, 0) is 12.3 Å². The first-order valence-electron chi connectivity index (χ1n) is 6.15. The van der Waals surface area contributed by atoms with E-state index >= 15 is 0 Å². The SMILES string of the molecule is C=CC(=O)OC(CCCCC(C)C)OC(=O)C=C. The molecule has 4 nitrogen and oxygen atoms in total. The minimum atomic E-state index is -0.854. The summed E-state index contributed by atoms with van der Waals surface area (Å²) in [5.74, 6) is -0.559. The summed E-state index contributed by atoms with van der Waals surface area (Å²) in [6, 6.07) is 0. The number of hydrogen-bond acceptors (Lipinski definition) is 4. The third kappa shape index (κ3) is 8.56. The molecule has 0 N–H and O–H groups in total. The number of carbonyl (C=O) groups excluding carboxylic acids is 2. The van der Waals surface area contributed by atoms with Crippen LogP contribution in [0.15, 0.2) is 25.3 Å². The molecule has 0 heterocycles. The fourth-order valence-corrected chi connectivity index (χ4v) is 1.36. The second-order valence-electron chi connectivity index (χ2n) is 4.39. The van der Waals surface area contributed by atoms with Gasteiger partial charge in [0, 0.05) is 18.6 Å². The van der Waals surface area contributed by atoms with E-state index in [0.717, 1.165) is 31.4 Å². The molecule has 102 valence electrons. The second-order valence-corrected chi connectivity index (χ2v) is 4.39. The molecule has 0 aliphatic heterocycles. The lowest BCUT2D eigenvalue weighted by molar-refractivity contribution is -0.182. The summed E-state index contributed by atoms with van der Waals surface area (Å²) in [6.45, 7) is 10.9. The highest BCUT2D eigenvalue weighted by atomic mass is 16.7. The van der Waals surface area contributed by atoms with Crippen molar-refractivity contribution in [1.82, 2.24) is 0 Å². The van der Waals surface area contributed by atoms with Crippen LogP contribution in [-0.2, 0) is 19.1 Å². The van der Waals surface area contributed by atoms with Gasteiger partial charge in [0.05, 0.1) is 0 Å². The number of ether oxygens (including phenoxy) is 2. The molecular formula is C14H22O4. The van der Waals surface area contributed by atoms with Gasteiger partial charge in [-0.25, -0.2) is 9.59 Å². The van der Waals surface area contributed by atoms with Gasteiger partial charge < -0.3 is 9.47 Å². The molecule has 0 saturated carbocycles. The number of unbranched alkanes of at least 4 members (excludes halogenated alkanes) is 1. The van der Waals surface area contributed by atoms with Gasteiger partial charge in [0.2, 0.25) is 6.29 Å². The van der Waals surface area contributed by atoms with Gasteiger partial charge in [0.1, 0.15) is 0 Å². The second kappa shape index (κ2) is 9.45. The first-order valence-corrected chi connectivity index (χ1v) is 6.15. The molecule has 0 aromatic carbocycles. The highest BCUT2D eigenvalue weighted by Crippen LogP contribution is 2.12. The van der Waals surface area contributed by atoms with E-state index in [0.29, 0.717) is 12.3 Å². The summed E-state index contributed by atoms with van der Waals surface area (Å²) in [4.78, 5) is 22.2. The molecule has 0 rings (SSSR count). The number of carbonyl (C=O) groups is 2. The first-order chi connectivity index (χ1) is 8.49. The van der Waals surface area contributed by atoms with Crippen LogP contribution in [-0.4, -0.2) is 18.2 Å². The van der Waals surface area contributed by atoms with E-state index < -0.39 is 18.2 Å². The van der Waals surface area contributed by atoms with Crippen molar-refractivity contribution in [2.24, 2.45) is 5.92 Å². The van der Waals surface area contributed by atoms with Crippen molar-refractivity contribution in [2.75, 3.05) is 0 Å². The number of esters is 2. The van der Waals surface area contributed by atoms with Gasteiger partial charge in [0.15, 0.2) is 0 Å². The highest BCUT2D eigenvalue weighted by Gasteiger charge is 2.16. The van der Waals surface area contributed by atoms with E-state index in [1.54, 1.807) is 0 Å². The van der Waals surface area contributed by atoms with Crippen molar-refractivity contribution in [1.29, 1.82) is 0 Å². The summed E-state index contributed by atoms with van der Waals surface area (Å²) >= 11 is 0. The lowest BCUT2D eigenvalue weighted by atomic mass is 10.1. The summed E-state index contributed by atoms with van der Waals surface area (Å²) < 4.78 is 9.86. The molecule has 0 aromatic heterocycles. The van der Waals surface area contributed by atoms with Gasteiger partial charge in [-0.15, -0.1) is 0 Å². The van der Waals surface area contributed by atoms with Crippen LogP contribution in [0.25, 0.3) is 0 Å². The Balaban J connectivity index is 4.11. The molecular weight excluding hydrogens is 232 g/mol. The molecule has 0 spiro atoms.